The molecule has 0 aliphatic heterocycles. The van der Waals surface area contributed by atoms with Crippen molar-refractivity contribution in [1.82, 2.24) is 9.97 Å². The van der Waals surface area contributed by atoms with Gasteiger partial charge in [-0.15, -0.1) is 0 Å². The third-order valence-corrected chi connectivity index (χ3v) is 4.95. The molecule has 1 amide bonds. The van der Waals surface area contributed by atoms with Crippen LogP contribution in [-0.2, 0) is 4.79 Å². The molecule has 5 nitrogen and oxygen atoms in total. The van der Waals surface area contributed by atoms with E-state index in [0.717, 1.165) is 32.1 Å². The zero-order chi connectivity index (χ0) is 16.9. The Morgan fingerprint density at radius 1 is 1.33 bits per heavy atom. The lowest BCUT2D eigenvalue weighted by molar-refractivity contribution is -0.115. The largest absolute Gasteiger partial charge is 0.497 e. The highest BCUT2D eigenvalue weighted by Gasteiger charge is 2.08. The first kappa shape index (κ1) is 16.9. The number of ether oxygens (including phenoxy) is 1. The molecule has 2 N–H and O–H groups in total. The van der Waals surface area contributed by atoms with Crippen LogP contribution in [0.4, 0.5) is 5.69 Å². The normalized spacial score (nSPS) is 10.8. The highest BCUT2D eigenvalue weighted by atomic mass is 79.9. The third-order valence-electron chi connectivity index (χ3n) is 3.38. The maximum atomic E-state index is 12.0. The van der Waals surface area contributed by atoms with Gasteiger partial charge in [0.2, 0.25) is 5.91 Å². The van der Waals surface area contributed by atoms with Crippen LogP contribution in [0.1, 0.15) is 6.42 Å². The zero-order valence-electron chi connectivity index (χ0n) is 13.0. The van der Waals surface area contributed by atoms with E-state index in [-0.39, 0.29) is 5.91 Å². The van der Waals surface area contributed by atoms with Crippen LogP contribution in [0.5, 0.6) is 5.75 Å². The Morgan fingerprint density at radius 2 is 2.17 bits per heavy atom. The molecule has 0 saturated heterocycles. The molecule has 0 aliphatic rings. The molecule has 7 heteroatoms. The van der Waals surface area contributed by atoms with Gasteiger partial charge in [0.15, 0.2) is 5.16 Å². The van der Waals surface area contributed by atoms with Crippen LogP contribution in [0, 0.1) is 0 Å². The number of carbonyl (C=O) groups is 1. The van der Waals surface area contributed by atoms with Crippen LogP contribution in [0.25, 0.3) is 11.0 Å². The van der Waals surface area contributed by atoms with Gasteiger partial charge in [0, 0.05) is 22.7 Å². The fourth-order valence-corrected chi connectivity index (χ4v) is 3.39. The Labute approximate surface area is 152 Å². The Kier molecular flexibility index (Phi) is 5.42. The van der Waals surface area contributed by atoms with Crippen molar-refractivity contribution in [2.75, 3.05) is 18.2 Å². The summed E-state index contributed by atoms with van der Waals surface area (Å²) in [6, 6.07) is 13.3. The average Bonchev–Trinajstić information content (AvgIpc) is 2.98. The molecule has 0 unspecified atom stereocenters. The van der Waals surface area contributed by atoms with E-state index >= 15 is 0 Å². The van der Waals surface area contributed by atoms with Gasteiger partial charge >= 0.3 is 0 Å². The number of amides is 1. The number of benzene rings is 2. The van der Waals surface area contributed by atoms with E-state index in [4.69, 9.17) is 4.74 Å². The van der Waals surface area contributed by atoms with Crippen LogP contribution in [0.2, 0.25) is 0 Å². The number of anilines is 1. The van der Waals surface area contributed by atoms with Gasteiger partial charge in [-0.1, -0.05) is 23.9 Å². The van der Waals surface area contributed by atoms with Crippen molar-refractivity contribution in [2.45, 2.75) is 11.6 Å². The average molecular weight is 406 g/mol. The first-order valence-electron chi connectivity index (χ1n) is 7.36. The summed E-state index contributed by atoms with van der Waals surface area (Å²) in [4.78, 5) is 19.7. The standard InChI is InChI=1S/C17H16BrN3O2S/c1-23-11-6-7-14-15(10-11)21-17(20-14)24-9-8-16(22)19-13-5-3-2-4-12(13)18/h2-7,10H,8-9H2,1H3,(H,19,22)(H,20,21). The quantitative estimate of drug-likeness (QED) is 0.594. The summed E-state index contributed by atoms with van der Waals surface area (Å²) in [5.74, 6) is 1.41. The maximum Gasteiger partial charge on any atom is 0.225 e. The minimum absolute atomic E-state index is 0.0211. The fraction of sp³-hybridized carbons (Fsp3) is 0.176. The van der Waals surface area contributed by atoms with Crippen molar-refractivity contribution < 1.29 is 9.53 Å². The smallest absolute Gasteiger partial charge is 0.225 e. The number of hydrogen-bond acceptors (Lipinski definition) is 4. The molecule has 0 spiro atoms. The Balaban J connectivity index is 1.54. The molecule has 1 heterocycles. The minimum atomic E-state index is -0.0211. The molecule has 0 fully saturated rings. The monoisotopic (exact) mass is 405 g/mol. The molecule has 1 aromatic heterocycles. The molecule has 124 valence electrons. The number of halogens is 1. The lowest BCUT2D eigenvalue weighted by Crippen LogP contribution is -2.12. The van der Waals surface area contributed by atoms with Gasteiger partial charge < -0.3 is 15.0 Å². The second kappa shape index (κ2) is 7.72. The van der Waals surface area contributed by atoms with Crippen molar-refractivity contribution in [3.63, 3.8) is 0 Å². The Morgan fingerprint density at radius 3 is 2.96 bits per heavy atom. The van der Waals surface area contributed by atoms with E-state index in [9.17, 15) is 4.79 Å². The lowest BCUT2D eigenvalue weighted by atomic mass is 10.3. The number of hydrogen-bond donors (Lipinski definition) is 2. The number of thioether (sulfide) groups is 1. The lowest BCUT2D eigenvalue weighted by Gasteiger charge is -2.06. The highest BCUT2D eigenvalue weighted by Crippen LogP contribution is 2.24. The summed E-state index contributed by atoms with van der Waals surface area (Å²) >= 11 is 4.94. The van der Waals surface area contributed by atoms with Gasteiger partial charge in [-0.3, -0.25) is 4.79 Å². The molecule has 0 radical (unpaired) electrons. The molecule has 3 aromatic rings. The van der Waals surface area contributed by atoms with E-state index in [2.05, 4.69) is 31.2 Å². The minimum Gasteiger partial charge on any atom is -0.497 e. The molecular formula is C17H16BrN3O2S. The molecular weight excluding hydrogens is 390 g/mol. The number of H-pyrrole nitrogens is 1. The number of carbonyl (C=O) groups excluding carboxylic acids is 1. The second-order valence-corrected chi connectivity index (χ2v) is 6.99. The number of imidazole rings is 1. The predicted octanol–water partition coefficient (Wildman–Crippen LogP) is 4.45. The number of rotatable bonds is 6. The first-order valence-corrected chi connectivity index (χ1v) is 9.14. The van der Waals surface area contributed by atoms with Gasteiger partial charge in [0.05, 0.1) is 23.8 Å². The summed E-state index contributed by atoms with van der Waals surface area (Å²) in [5.41, 5.74) is 2.59. The second-order valence-electron chi connectivity index (χ2n) is 5.05. The highest BCUT2D eigenvalue weighted by molar-refractivity contribution is 9.10. The Hall–Kier alpha value is -1.99. The molecule has 0 aliphatic carbocycles. The number of nitrogens with one attached hydrogen (secondary N) is 2. The molecule has 0 bridgehead atoms. The van der Waals surface area contributed by atoms with Gasteiger partial charge in [-0.2, -0.15) is 0 Å². The van der Waals surface area contributed by atoms with Gasteiger partial charge in [-0.05, 0) is 40.2 Å². The van der Waals surface area contributed by atoms with Gasteiger partial charge in [0.25, 0.3) is 0 Å². The summed E-state index contributed by atoms with van der Waals surface area (Å²) in [7, 11) is 1.64. The van der Waals surface area contributed by atoms with Gasteiger partial charge in [-0.25, -0.2) is 4.98 Å². The van der Waals surface area contributed by atoms with Crippen LogP contribution in [-0.4, -0.2) is 28.7 Å². The van der Waals surface area contributed by atoms with E-state index < -0.39 is 0 Å². The first-order chi connectivity index (χ1) is 11.7. The number of aromatic nitrogens is 2. The summed E-state index contributed by atoms with van der Waals surface area (Å²) < 4.78 is 6.07. The van der Waals surface area contributed by atoms with E-state index in [1.165, 1.54) is 11.8 Å². The number of para-hydroxylation sites is 1. The molecule has 0 atom stereocenters. The van der Waals surface area contributed by atoms with Crippen LogP contribution in [0.3, 0.4) is 0 Å². The van der Waals surface area contributed by atoms with E-state index in [1.807, 2.05) is 42.5 Å². The van der Waals surface area contributed by atoms with Crippen molar-refractivity contribution in [1.29, 1.82) is 0 Å². The van der Waals surface area contributed by atoms with E-state index in [1.54, 1.807) is 7.11 Å². The van der Waals surface area contributed by atoms with Gasteiger partial charge in [0.1, 0.15) is 5.75 Å². The topological polar surface area (TPSA) is 67.0 Å². The molecule has 0 saturated carbocycles. The van der Waals surface area contributed by atoms with Crippen molar-refractivity contribution in [3.8, 4) is 5.75 Å². The molecule has 3 rings (SSSR count). The van der Waals surface area contributed by atoms with Crippen LogP contribution in [0.15, 0.2) is 52.1 Å². The van der Waals surface area contributed by atoms with Crippen LogP contribution < -0.4 is 10.1 Å². The summed E-state index contributed by atoms with van der Waals surface area (Å²) in [6.45, 7) is 0. The summed E-state index contributed by atoms with van der Waals surface area (Å²) in [6.07, 6.45) is 0.409. The van der Waals surface area contributed by atoms with Crippen molar-refractivity contribution >= 4 is 50.3 Å². The molecule has 2 aromatic carbocycles. The number of nitrogens with zero attached hydrogens (tertiary/aromatic N) is 1. The summed E-state index contributed by atoms with van der Waals surface area (Å²) in [5, 5.41) is 3.69. The number of methoxy groups -OCH3 is 1. The maximum absolute atomic E-state index is 12.0. The SMILES string of the molecule is COc1ccc2nc(SCCC(=O)Nc3ccccc3Br)[nH]c2c1. The number of aromatic amines is 1. The zero-order valence-corrected chi connectivity index (χ0v) is 15.4. The number of fused-ring (bicyclic) bond motifs is 1. The van der Waals surface area contributed by atoms with E-state index in [0.29, 0.717) is 12.2 Å². The van der Waals surface area contributed by atoms with Crippen LogP contribution >= 0.6 is 27.7 Å². The fourth-order valence-electron chi connectivity index (χ4n) is 2.18. The van der Waals surface area contributed by atoms with Crippen molar-refractivity contribution in [3.05, 3.63) is 46.9 Å². The third kappa shape index (κ3) is 4.10. The Bertz CT molecular complexity index is 866. The predicted molar refractivity (Wildman–Crippen MR) is 101 cm³/mol. The molecule has 24 heavy (non-hydrogen) atoms. The van der Waals surface area contributed by atoms with Crippen molar-refractivity contribution in [2.24, 2.45) is 0 Å².